The van der Waals surface area contributed by atoms with Crippen LogP contribution in [0.25, 0.3) is 43.4 Å². The van der Waals surface area contributed by atoms with E-state index in [1.165, 1.54) is 54.6 Å². The first-order chi connectivity index (χ1) is 19.6. The average Bonchev–Trinajstić information content (AvgIpc) is 3.26. The van der Waals surface area contributed by atoms with Gasteiger partial charge in [0.1, 0.15) is 0 Å². The van der Waals surface area contributed by atoms with Crippen molar-refractivity contribution in [3.63, 3.8) is 0 Å². The van der Waals surface area contributed by atoms with Crippen LogP contribution in [0.5, 0.6) is 0 Å². The molecule has 0 atom stereocenters. The van der Waals surface area contributed by atoms with E-state index in [1.807, 2.05) is 0 Å². The standard InChI is InChI=1S/C39H29N/c1-39(2)37-30-18-10-9-13-26(30)21-23-34(37)36-32-20-12-11-19-31(32)35-25-29(22-24-33(35)38(36)39)40(27-14-5-3-6-15-27)28-16-7-4-8-17-28/h3-25H,1-2H3. The summed E-state index contributed by atoms with van der Waals surface area (Å²) >= 11 is 0. The van der Waals surface area contributed by atoms with Crippen LogP contribution in [0.1, 0.15) is 25.0 Å². The predicted molar refractivity (Wildman–Crippen MR) is 171 cm³/mol. The fraction of sp³-hybridized carbons (Fsp3) is 0.0769. The Morgan fingerprint density at radius 3 is 1.73 bits per heavy atom. The summed E-state index contributed by atoms with van der Waals surface area (Å²) in [5.41, 5.74) is 8.97. The minimum atomic E-state index is -0.131. The van der Waals surface area contributed by atoms with Crippen LogP contribution in [0, 0.1) is 0 Å². The van der Waals surface area contributed by atoms with E-state index in [1.54, 1.807) is 0 Å². The highest BCUT2D eigenvalue weighted by Gasteiger charge is 2.39. The van der Waals surface area contributed by atoms with Gasteiger partial charge in [-0.05, 0) is 91.0 Å². The first kappa shape index (κ1) is 23.0. The van der Waals surface area contributed by atoms with Crippen LogP contribution < -0.4 is 4.90 Å². The molecule has 0 amide bonds. The molecule has 0 spiro atoms. The van der Waals surface area contributed by atoms with Crippen LogP contribution in [-0.2, 0) is 5.41 Å². The average molecular weight is 512 g/mol. The fourth-order valence-electron chi connectivity index (χ4n) is 7.13. The lowest BCUT2D eigenvalue weighted by molar-refractivity contribution is 0.672. The van der Waals surface area contributed by atoms with Crippen molar-refractivity contribution in [1.29, 1.82) is 0 Å². The Balaban J connectivity index is 1.46. The van der Waals surface area contributed by atoms with Gasteiger partial charge in [0.2, 0.25) is 0 Å². The van der Waals surface area contributed by atoms with Crippen LogP contribution in [-0.4, -0.2) is 0 Å². The van der Waals surface area contributed by atoms with Gasteiger partial charge < -0.3 is 4.90 Å². The second kappa shape index (κ2) is 8.56. The molecule has 40 heavy (non-hydrogen) atoms. The zero-order chi connectivity index (χ0) is 26.8. The smallest absolute Gasteiger partial charge is 0.0468 e. The summed E-state index contributed by atoms with van der Waals surface area (Å²) in [6.45, 7) is 4.82. The van der Waals surface area contributed by atoms with E-state index in [0.29, 0.717) is 0 Å². The number of para-hydroxylation sites is 2. The van der Waals surface area contributed by atoms with E-state index in [9.17, 15) is 0 Å². The number of benzene rings is 7. The summed E-state index contributed by atoms with van der Waals surface area (Å²) in [7, 11) is 0. The molecule has 0 unspecified atom stereocenters. The molecule has 0 radical (unpaired) electrons. The molecule has 0 N–H and O–H groups in total. The summed E-state index contributed by atoms with van der Waals surface area (Å²) in [5, 5.41) is 7.93. The highest BCUT2D eigenvalue weighted by molar-refractivity contribution is 6.20. The highest BCUT2D eigenvalue weighted by Crippen LogP contribution is 2.56. The number of fused-ring (bicyclic) bond motifs is 10. The first-order valence-corrected chi connectivity index (χ1v) is 14.0. The number of hydrogen-bond donors (Lipinski definition) is 0. The molecule has 0 saturated heterocycles. The minimum Gasteiger partial charge on any atom is -0.310 e. The molecule has 1 aliphatic carbocycles. The Morgan fingerprint density at radius 1 is 0.425 bits per heavy atom. The van der Waals surface area contributed by atoms with E-state index >= 15 is 0 Å². The Bertz CT molecular complexity index is 2030. The molecule has 1 nitrogen and oxygen atoms in total. The summed E-state index contributed by atoms with van der Waals surface area (Å²) in [4.78, 5) is 2.36. The molecule has 0 aromatic heterocycles. The molecule has 7 aromatic rings. The van der Waals surface area contributed by atoms with Gasteiger partial charge in [-0.3, -0.25) is 0 Å². The van der Waals surface area contributed by atoms with Gasteiger partial charge in [-0.25, -0.2) is 0 Å². The molecule has 0 fully saturated rings. The Kier molecular flexibility index (Phi) is 4.93. The van der Waals surface area contributed by atoms with Crippen LogP contribution >= 0.6 is 0 Å². The lowest BCUT2D eigenvalue weighted by Gasteiger charge is -2.28. The number of rotatable bonds is 3. The minimum absolute atomic E-state index is 0.131. The number of anilines is 3. The summed E-state index contributed by atoms with van der Waals surface area (Å²) in [6.07, 6.45) is 0. The molecule has 8 rings (SSSR count). The molecule has 0 heterocycles. The highest BCUT2D eigenvalue weighted by atomic mass is 15.1. The second-order valence-corrected chi connectivity index (χ2v) is 11.4. The summed E-state index contributed by atoms with van der Waals surface area (Å²) in [6, 6.07) is 50.8. The Morgan fingerprint density at radius 2 is 1.02 bits per heavy atom. The lowest BCUT2D eigenvalue weighted by atomic mass is 9.78. The molecule has 190 valence electrons. The third kappa shape index (κ3) is 3.21. The Labute approximate surface area is 234 Å². The SMILES string of the molecule is CC1(C)c2c(ccc3ccccc23)-c2c1c1ccc(N(c3ccccc3)c3ccccc3)cc1c1ccccc21. The Hall–Kier alpha value is -4.88. The van der Waals surface area contributed by atoms with Gasteiger partial charge in [0.15, 0.2) is 0 Å². The maximum Gasteiger partial charge on any atom is 0.0468 e. The molecular weight excluding hydrogens is 482 g/mol. The van der Waals surface area contributed by atoms with Crippen molar-refractivity contribution in [2.45, 2.75) is 19.3 Å². The molecule has 1 heteroatoms. The van der Waals surface area contributed by atoms with Crippen molar-refractivity contribution in [2.75, 3.05) is 4.90 Å². The second-order valence-electron chi connectivity index (χ2n) is 11.4. The van der Waals surface area contributed by atoms with Gasteiger partial charge in [-0.1, -0.05) is 117 Å². The van der Waals surface area contributed by atoms with E-state index in [2.05, 4.69) is 158 Å². The van der Waals surface area contributed by atoms with Crippen molar-refractivity contribution in [2.24, 2.45) is 0 Å². The molecule has 0 bridgehead atoms. The third-order valence-electron chi connectivity index (χ3n) is 8.74. The monoisotopic (exact) mass is 511 g/mol. The predicted octanol–water partition coefficient (Wildman–Crippen LogP) is 10.9. The zero-order valence-electron chi connectivity index (χ0n) is 22.7. The molecular formula is C39H29N. The van der Waals surface area contributed by atoms with Crippen molar-refractivity contribution in [3.8, 4) is 11.1 Å². The van der Waals surface area contributed by atoms with Gasteiger partial charge >= 0.3 is 0 Å². The van der Waals surface area contributed by atoms with Crippen LogP contribution in [0.15, 0.2) is 140 Å². The van der Waals surface area contributed by atoms with Crippen LogP contribution in [0.3, 0.4) is 0 Å². The molecule has 0 saturated carbocycles. The van der Waals surface area contributed by atoms with Gasteiger partial charge in [0.25, 0.3) is 0 Å². The maximum atomic E-state index is 2.41. The van der Waals surface area contributed by atoms with Crippen molar-refractivity contribution in [3.05, 3.63) is 151 Å². The lowest BCUT2D eigenvalue weighted by Crippen LogP contribution is -2.16. The zero-order valence-corrected chi connectivity index (χ0v) is 22.7. The first-order valence-electron chi connectivity index (χ1n) is 14.0. The van der Waals surface area contributed by atoms with Crippen LogP contribution in [0.4, 0.5) is 17.1 Å². The van der Waals surface area contributed by atoms with E-state index in [0.717, 1.165) is 17.1 Å². The van der Waals surface area contributed by atoms with Crippen LogP contribution in [0.2, 0.25) is 0 Å². The van der Waals surface area contributed by atoms with Gasteiger partial charge in [0.05, 0.1) is 0 Å². The van der Waals surface area contributed by atoms with Gasteiger partial charge in [-0.2, -0.15) is 0 Å². The van der Waals surface area contributed by atoms with Crippen molar-refractivity contribution >= 4 is 49.4 Å². The summed E-state index contributed by atoms with van der Waals surface area (Å²) < 4.78 is 0. The van der Waals surface area contributed by atoms with E-state index in [-0.39, 0.29) is 5.41 Å². The van der Waals surface area contributed by atoms with E-state index in [4.69, 9.17) is 0 Å². The number of hydrogen-bond acceptors (Lipinski definition) is 1. The molecule has 1 aliphatic rings. The quantitative estimate of drug-likeness (QED) is 0.213. The van der Waals surface area contributed by atoms with E-state index < -0.39 is 0 Å². The third-order valence-corrected chi connectivity index (χ3v) is 8.74. The van der Waals surface area contributed by atoms with Crippen molar-refractivity contribution < 1.29 is 0 Å². The van der Waals surface area contributed by atoms with Gasteiger partial charge in [-0.15, -0.1) is 0 Å². The van der Waals surface area contributed by atoms with Gasteiger partial charge in [0, 0.05) is 22.5 Å². The normalized spacial score (nSPS) is 13.4. The largest absolute Gasteiger partial charge is 0.310 e. The van der Waals surface area contributed by atoms with Crippen molar-refractivity contribution in [1.82, 2.24) is 0 Å². The topological polar surface area (TPSA) is 3.24 Å². The fourth-order valence-corrected chi connectivity index (χ4v) is 7.13. The maximum absolute atomic E-state index is 2.41. The summed E-state index contributed by atoms with van der Waals surface area (Å²) in [5.74, 6) is 0. The molecule has 0 aliphatic heterocycles. The molecule has 7 aromatic carbocycles. The number of nitrogens with zero attached hydrogens (tertiary/aromatic N) is 1.